The minimum Gasteiger partial charge on any atom is -0.388 e. The lowest BCUT2D eigenvalue weighted by molar-refractivity contribution is -0.140. The molecule has 2 amide bonds. The molecule has 124 valence electrons. The Hall–Kier alpha value is -1.30. The van der Waals surface area contributed by atoms with Crippen molar-refractivity contribution in [2.24, 2.45) is 0 Å². The van der Waals surface area contributed by atoms with Gasteiger partial charge in [-0.2, -0.15) is 0 Å². The van der Waals surface area contributed by atoms with E-state index in [4.69, 9.17) is 9.47 Å². The minimum atomic E-state index is -1.42. The smallest absolute Gasteiger partial charge is 0.252 e. The average molecular weight is 318 g/mol. The van der Waals surface area contributed by atoms with Crippen LogP contribution in [0.1, 0.15) is 0 Å². The van der Waals surface area contributed by atoms with Gasteiger partial charge in [-0.25, -0.2) is 0 Å². The van der Waals surface area contributed by atoms with Crippen molar-refractivity contribution in [1.82, 2.24) is 10.6 Å². The zero-order valence-corrected chi connectivity index (χ0v) is 11.5. The molecule has 3 rings (SSSR count). The van der Waals surface area contributed by atoms with Crippen molar-refractivity contribution in [2.45, 2.75) is 48.8 Å². The summed E-state index contributed by atoms with van der Waals surface area (Å²) in [6.07, 6.45) is -9.99. The zero-order valence-electron chi connectivity index (χ0n) is 11.5. The summed E-state index contributed by atoms with van der Waals surface area (Å²) in [5.74, 6) is -1.34. The van der Waals surface area contributed by atoms with Gasteiger partial charge in [-0.3, -0.25) is 9.59 Å². The van der Waals surface area contributed by atoms with Crippen LogP contribution in [-0.2, 0) is 19.1 Å². The molecule has 6 N–H and O–H groups in total. The molecular weight excluding hydrogens is 300 g/mol. The number of fused-ring (bicyclic) bond motifs is 4. The molecule has 0 aromatic rings. The number of nitrogens with one attached hydrogen (secondary N) is 2. The summed E-state index contributed by atoms with van der Waals surface area (Å²) in [6.45, 7) is -0.345. The fourth-order valence-electron chi connectivity index (χ4n) is 2.87. The first kappa shape index (κ1) is 15.6. The topological polar surface area (TPSA) is 158 Å². The van der Waals surface area contributed by atoms with Gasteiger partial charge in [0.05, 0.1) is 0 Å². The van der Waals surface area contributed by atoms with Crippen LogP contribution in [0.25, 0.3) is 0 Å². The molecule has 0 unspecified atom stereocenters. The maximum absolute atomic E-state index is 12.0. The van der Waals surface area contributed by atoms with Gasteiger partial charge in [0.2, 0.25) is 0 Å². The standard InChI is InChI=1S/C12H18N2O8/c15-5-3-1-13-11(19)9-8(18)6(16)4(22-9)2-14-12(20)10(21-3)7(5)17/h3-10,15-18H,1-2H2,(H,13,19)(H,14,20)/t3-,4-,5-,6-,7+,8+,9-,10-/m1/s1. The van der Waals surface area contributed by atoms with Crippen LogP contribution in [0.4, 0.5) is 0 Å². The van der Waals surface area contributed by atoms with E-state index < -0.39 is 60.6 Å². The quantitative estimate of drug-likeness (QED) is 0.260. The van der Waals surface area contributed by atoms with Gasteiger partial charge >= 0.3 is 0 Å². The van der Waals surface area contributed by atoms with E-state index in [0.29, 0.717) is 0 Å². The van der Waals surface area contributed by atoms with Gasteiger partial charge in [0.1, 0.15) is 36.6 Å². The van der Waals surface area contributed by atoms with Crippen LogP contribution < -0.4 is 10.6 Å². The van der Waals surface area contributed by atoms with Gasteiger partial charge < -0.3 is 40.5 Å². The number of aliphatic hydroxyl groups excluding tert-OH is 4. The molecule has 3 fully saturated rings. The largest absolute Gasteiger partial charge is 0.388 e. The Bertz CT molecular complexity index is 432. The molecule has 0 spiro atoms. The molecule has 22 heavy (non-hydrogen) atoms. The monoisotopic (exact) mass is 318 g/mol. The van der Waals surface area contributed by atoms with Crippen LogP contribution >= 0.6 is 0 Å². The van der Waals surface area contributed by atoms with E-state index in [9.17, 15) is 30.0 Å². The first-order valence-corrected chi connectivity index (χ1v) is 6.98. The van der Waals surface area contributed by atoms with E-state index >= 15 is 0 Å². The Labute approximate surface area is 125 Å². The van der Waals surface area contributed by atoms with Crippen LogP contribution in [0.15, 0.2) is 0 Å². The van der Waals surface area contributed by atoms with Gasteiger partial charge in [0, 0.05) is 13.1 Å². The molecule has 0 saturated carbocycles. The third kappa shape index (κ3) is 2.47. The van der Waals surface area contributed by atoms with Gasteiger partial charge in [0.25, 0.3) is 11.8 Å². The first-order valence-electron chi connectivity index (χ1n) is 6.98. The molecule has 3 heterocycles. The van der Waals surface area contributed by atoms with Crippen molar-refractivity contribution in [1.29, 1.82) is 0 Å². The second-order valence-electron chi connectivity index (χ2n) is 5.64. The molecule has 3 aliphatic rings. The Morgan fingerprint density at radius 1 is 0.727 bits per heavy atom. The third-order valence-electron chi connectivity index (χ3n) is 4.20. The van der Waals surface area contributed by atoms with Crippen molar-refractivity contribution < 1.29 is 39.5 Å². The van der Waals surface area contributed by atoms with E-state index in [-0.39, 0.29) is 13.1 Å². The highest BCUT2D eigenvalue weighted by Crippen LogP contribution is 2.24. The van der Waals surface area contributed by atoms with Crippen LogP contribution in [0, 0.1) is 0 Å². The third-order valence-corrected chi connectivity index (χ3v) is 4.20. The van der Waals surface area contributed by atoms with Crippen molar-refractivity contribution in [3.63, 3.8) is 0 Å². The minimum absolute atomic E-state index is 0.172. The van der Waals surface area contributed by atoms with Crippen molar-refractivity contribution >= 4 is 11.8 Å². The van der Waals surface area contributed by atoms with E-state index in [1.807, 2.05) is 0 Å². The number of hydrogen-bond acceptors (Lipinski definition) is 8. The second-order valence-corrected chi connectivity index (χ2v) is 5.64. The maximum atomic E-state index is 12.0. The molecule has 3 saturated heterocycles. The average Bonchev–Trinajstić information content (AvgIpc) is 2.94. The van der Waals surface area contributed by atoms with Crippen LogP contribution in [0.3, 0.4) is 0 Å². The lowest BCUT2D eigenvalue weighted by Crippen LogP contribution is -2.47. The molecule has 0 aliphatic carbocycles. The predicted octanol–water partition coefficient (Wildman–Crippen LogP) is -4.79. The summed E-state index contributed by atoms with van der Waals surface area (Å²) in [5, 5.41) is 44.2. The summed E-state index contributed by atoms with van der Waals surface area (Å²) in [4.78, 5) is 24.0. The Kier molecular flexibility index (Phi) is 4.05. The number of ether oxygens (including phenoxy) is 2. The second kappa shape index (κ2) is 5.72. The highest BCUT2D eigenvalue weighted by Gasteiger charge is 2.50. The Morgan fingerprint density at radius 2 is 1.09 bits per heavy atom. The van der Waals surface area contributed by atoms with E-state index in [0.717, 1.165) is 0 Å². The van der Waals surface area contributed by atoms with Crippen LogP contribution in [0.2, 0.25) is 0 Å². The van der Waals surface area contributed by atoms with E-state index in [1.165, 1.54) is 0 Å². The van der Waals surface area contributed by atoms with Crippen LogP contribution in [-0.4, -0.2) is 94.2 Å². The molecule has 8 atom stereocenters. The summed E-state index contributed by atoms with van der Waals surface area (Å²) in [6, 6.07) is 0. The summed E-state index contributed by atoms with van der Waals surface area (Å²) < 4.78 is 10.5. The highest BCUT2D eigenvalue weighted by molar-refractivity contribution is 5.83. The fourth-order valence-corrected chi connectivity index (χ4v) is 2.87. The number of rotatable bonds is 0. The molecular formula is C12H18N2O8. The molecule has 10 nitrogen and oxygen atoms in total. The SMILES string of the molecule is O=C1NC[C@H]2O[C@@H](C(=O)NC[C@H]3O[C@@H]1[C@@H](O)[C@@H]3O)[C@@H](O)[C@@H]2O. The van der Waals surface area contributed by atoms with Gasteiger partial charge in [-0.15, -0.1) is 0 Å². The summed E-state index contributed by atoms with van der Waals surface area (Å²) in [7, 11) is 0. The zero-order chi connectivity index (χ0) is 16.0. The summed E-state index contributed by atoms with van der Waals surface area (Å²) in [5.41, 5.74) is 0. The lowest BCUT2D eigenvalue weighted by atomic mass is 10.0. The summed E-state index contributed by atoms with van der Waals surface area (Å²) >= 11 is 0. The van der Waals surface area contributed by atoms with Crippen molar-refractivity contribution in [3.05, 3.63) is 0 Å². The predicted molar refractivity (Wildman–Crippen MR) is 67.4 cm³/mol. The lowest BCUT2D eigenvalue weighted by Gasteiger charge is -2.20. The number of amides is 2. The Balaban J connectivity index is 1.81. The van der Waals surface area contributed by atoms with Gasteiger partial charge in [-0.1, -0.05) is 0 Å². The molecule has 3 aliphatic heterocycles. The van der Waals surface area contributed by atoms with E-state index in [2.05, 4.69) is 10.6 Å². The van der Waals surface area contributed by atoms with Crippen LogP contribution in [0.5, 0.6) is 0 Å². The molecule has 10 heteroatoms. The molecule has 0 aromatic heterocycles. The molecule has 0 radical (unpaired) electrons. The van der Waals surface area contributed by atoms with E-state index in [1.54, 1.807) is 0 Å². The maximum Gasteiger partial charge on any atom is 0.252 e. The van der Waals surface area contributed by atoms with Crippen molar-refractivity contribution in [3.8, 4) is 0 Å². The number of carbonyl (C=O) groups excluding carboxylic acids is 2. The van der Waals surface area contributed by atoms with Gasteiger partial charge in [-0.05, 0) is 0 Å². The highest BCUT2D eigenvalue weighted by atomic mass is 16.6. The van der Waals surface area contributed by atoms with Gasteiger partial charge in [0.15, 0.2) is 12.2 Å². The number of aliphatic hydroxyl groups is 4. The normalized spacial score (nSPS) is 49.1. The molecule has 0 aromatic carbocycles. The number of carbonyl (C=O) groups is 2. The fraction of sp³-hybridized carbons (Fsp3) is 0.833. The number of hydrogen-bond donors (Lipinski definition) is 6. The van der Waals surface area contributed by atoms with Crippen molar-refractivity contribution in [2.75, 3.05) is 13.1 Å². The molecule has 4 bridgehead atoms. The Morgan fingerprint density at radius 3 is 1.45 bits per heavy atom. The first-order chi connectivity index (χ1) is 10.4.